The van der Waals surface area contributed by atoms with Crippen LogP contribution in [-0.2, 0) is 14.2 Å². The summed E-state index contributed by atoms with van der Waals surface area (Å²) in [6, 6.07) is 16.1. The summed E-state index contributed by atoms with van der Waals surface area (Å²) in [6.07, 6.45) is 4.14. The number of hydrogen-bond acceptors (Lipinski definition) is 5. The van der Waals surface area contributed by atoms with Gasteiger partial charge in [-0.1, -0.05) is 48.6 Å². The van der Waals surface area contributed by atoms with Crippen LogP contribution in [0.4, 0.5) is 0 Å². The molecule has 0 aromatic heterocycles. The lowest BCUT2D eigenvalue weighted by Crippen LogP contribution is -2.13. The van der Waals surface area contributed by atoms with Crippen molar-refractivity contribution in [1.82, 2.24) is 0 Å². The van der Waals surface area contributed by atoms with Gasteiger partial charge < -0.3 is 23.7 Å². The summed E-state index contributed by atoms with van der Waals surface area (Å²) >= 11 is 0. The molecular weight excluding hydrogens is 344 g/mol. The third kappa shape index (κ3) is 7.06. The van der Waals surface area contributed by atoms with Crippen molar-refractivity contribution in [2.45, 2.75) is 0 Å². The molecule has 5 heteroatoms. The molecule has 0 spiro atoms. The molecule has 1 aliphatic heterocycles. The second-order valence-corrected chi connectivity index (χ2v) is 5.98. The highest BCUT2D eigenvalue weighted by atomic mass is 16.6. The Labute approximate surface area is 160 Å². The number of rotatable bonds is 2. The molecule has 0 saturated carbocycles. The average Bonchev–Trinajstić information content (AvgIpc) is 2.72. The van der Waals surface area contributed by atoms with Crippen LogP contribution in [0.2, 0.25) is 0 Å². The molecule has 0 amide bonds. The summed E-state index contributed by atoms with van der Waals surface area (Å²) in [6.45, 7) is 4.16. The van der Waals surface area contributed by atoms with Crippen molar-refractivity contribution in [3.63, 3.8) is 0 Å². The Balaban J connectivity index is 1.67. The third-order valence-electron chi connectivity index (χ3n) is 3.95. The molecule has 0 bridgehead atoms. The molecule has 1 heterocycles. The lowest BCUT2D eigenvalue weighted by atomic mass is 10.1. The molecule has 1 aliphatic rings. The monoisotopic (exact) mass is 370 g/mol. The van der Waals surface area contributed by atoms with Crippen molar-refractivity contribution < 1.29 is 23.7 Å². The predicted molar refractivity (Wildman–Crippen MR) is 105 cm³/mol. The Morgan fingerprint density at radius 1 is 0.519 bits per heavy atom. The van der Waals surface area contributed by atoms with Crippen LogP contribution in [0.15, 0.2) is 48.5 Å². The van der Waals surface area contributed by atoms with E-state index in [-0.39, 0.29) is 0 Å². The van der Waals surface area contributed by atoms with Crippen LogP contribution in [0.5, 0.6) is 11.5 Å². The first kappa shape index (κ1) is 19.4. The van der Waals surface area contributed by atoms with Crippen LogP contribution in [0.3, 0.4) is 0 Å². The fourth-order valence-electron chi connectivity index (χ4n) is 2.58. The van der Waals surface area contributed by atoms with E-state index < -0.39 is 0 Å². The van der Waals surface area contributed by atoms with Gasteiger partial charge in [-0.2, -0.15) is 0 Å². The van der Waals surface area contributed by atoms with Gasteiger partial charge in [0.25, 0.3) is 0 Å². The van der Waals surface area contributed by atoms with Gasteiger partial charge in [-0.25, -0.2) is 0 Å². The van der Waals surface area contributed by atoms with Crippen molar-refractivity contribution in [3.8, 4) is 11.5 Å². The highest BCUT2D eigenvalue weighted by Gasteiger charge is 2.07. The topological polar surface area (TPSA) is 46.2 Å². The zero-order valence-corrected chi connectivity index (χ0v) is 15.5. The van der Waals surface area contributed by atoms with E-state index in [9.17, 15) is 0 Å². The highest BCUT2D eigenvalue weighted by Crippen LogP contribution is 2.29. The standard InChI is InChI=1S/C22H26O5/c1-2-4-19(5-3-1)6-7-20-8-9-21-22(18-20)27-17-15-25-13-11-23-10-12-24-14-16-26-21/h1-9,18H,10-17H2/b7-6+. The fraction of sp³-hybridized carbons (Fsp3) is 0.364. The Morgan fingerprint density at radius 2 is 1.07 bits per heavy atom. The minimum absolute atomic E-state index is 0.457. The van der Waals surface area contributed by atoms with Gasteiger partial charge >= 0.3 is 0 Å². The Morgan fingerprint density at radius 3 is 1.74 bits per heavy atom. The average molecular weight is 370 g/mol. The van der Waals surface area contributed by atoms with E-state index >= 15 is 0 Å². The largest absolute Gasteiger partial charge is 0.487 e. The first-order valence-corrected chi connectivity index (χ1v) is 9.28. The Hall–Kier alpha value is -2.34. The molecule has 0 saturated heterocycles. The van der Waals surface area contributed by atoms with Crippen molar-refractivity contribution in [3.05, 3.63) is 59.7 Å². The summed E-state index contributed by atoms with van der Waals surface area (Å²) in [5.41, 5.74) is 2.20. The number of ether oxygens (including phenoxy) is 5. The van der Waals surface area contributed by atoms with Crippen LogP contribution >= 0.6 is 0 Å². The van der Waals surface area contributed by atoms with Gasteiger partial charge in [-0.05, 0) is 23.3 Å². The maximum atomic E-state index is 5.89. The lowest BCUT2D eigenvalue weighted by molar-refractivity contribution is 0.00708. The van der Waals surface area contributed by atoms with Gasteiger partial charge in [-0.3, -0.25) is 0 Å². The van der Waals surface area contributed by atoms with E-state index in [0.717, 1.165) is 11.1 Å². The van der Waals surface area contributed by atoms with Crippen molar-refractivity contribution in [1.29, 1.82) is 0 Å². The molecule has 0 radical (unpaired) electrons. The number of fused-ring (bicyclic) bond motifs is 1. The summed E-state index contributed by atoms with van der Waals surface area (Å²) in [4.78, 5) is 0. The first-order valence-electron chi connectivity index (χ1n) is 9.28. The highest BCUT2D eigenvalue weighted by molar-refractivity contribution is 5.70. The second kappa shape index (κ2) is 11.4. The molecule has 0 atom stereocenters. The van der Waals surface area contributed by atoms with Gasteiger partial charge in [0, 0.05) is 0 Å². The molecule has 5 nitrogen and oxygen atoms in total. The number of hydrogen-bond donors (Lipinski definition) is 0. The van der Waals surface area contributed by atoms with E-state index in [1.54, 1.807) is 0 Å². The molecule has 0 aliphatic carbocycles. The molecule has 2 aromatic rings. The van der Waals surface area contributed by atoms with Crippen LogP contribution < -0.4 is 9.47 Å². The van der Waals surface area contributed by atoms with Gasteiger partial charge in [-0.15, -0.1) is 0 Å². The van der Waals surface area contributed by atoms with Gasteiger partial charge in [0.1, 0.15) is 13.2 Å². The quantitative estimate of drug-likeness (QED) is 0.755. The maximum absolute atomic E-state index is 5.89. The summed E-state index contributed by atoms with van der Waals surface area (Å²) in [7, 11) is 0. The van der Waals surface area contributed by atoms with Crippen molar-refractivity contribution in [2.75, 3.05) is 52.9 Å². The molecule has 3 rings (SSSR count). The lowest BCUT2D eigenvalue weighted by Gasteiger charge is -2.13. The Kier molecular flexibility index (Phi) is 8.19. The molecule has 0 fully saturated rings. The van der Waals surface area contributed by atoms with Crippen molar-refractivity contribution in [2.24, 2.45) is 0 Å². The van der Waals surface area contributed by atoms with Crippen LogP contribution in [-0.4, -0.2) is 52.9 Å². The minimum atomic E-state index is 0.457. The normalized spacial score (nSPS) is 17.2. The van der Waals surface area contributed by atoms with Gasteiger partial charge in [0.15, 0.2) is 11.5 Å². The van der Waals surface area contributed by atoms with Crippen LogP contribution in [0.1, 0.15) is 11.1 Å². The van der Waals surface area contributed by atoms with Crippen molar-refractivity contribution >= 4 is 12.2 Å². The van der Waals surface area contributed by atoms with E-state index in [2.05, 4.69) is 24.3 Å². The molecule has 2 aromatic carbocycles. The molecule has 144 valence electrons. The second-order valence-electron chi connectivity index (χ2n) is 5.98. The van der Waals surface area contributed by atoms with E-state index in [1.165, 1.54) is 0 Å². The molecule has 27 heavy (non-hydrogen) atoms. The maximum Gasteiger partial charge on any atom is 0.161 e. The molecule has 0 unspecified atom stereocenters. The minimum Gasteiger partial charge on any atom is -0.487 e. The first-order chi connectivity index (χ1) is 13.4. The SMILES string of the molecule is C(=C\c1ccc2c(c1)OCCOCCOCCOCCO2)/c1ccccc1. The molecular formula is C22H26O5. The zero-order chi connectivity index (χ0) is 18.6. The predicted octanol–water partition coefficient (Wildman–Crippen LogP) is 3.68. The van der Waals surface area contributed by atoms with E-state index in [1.807, 2.05) is 36.4 Å². The smallest absolute Gasteiger partial charge is 0.161 e. The summed E-state index contributed by atoms with van der Waals surface area (Å²) in [5.74, 6) is 1.42. The Bertz CT molecular complexity index is 699. The zero-order valence-electron chi connectivity index (χ0n) is 15.5. The summed E-state index contributed by atoms with van der Waals surface area (Å²) < 4.78 is 28.1. The third-order valence-corrected chi connectivity index (χ3v) is 3.95. The molecule has 0 N–H and O–H groups in total. The number of benzene rings is 2. The van der Waals surface area contributed by atoms with E-state index in [0.29, 0.717) is 64.4 Å². The fourth-order valence-corrected chi connectivity index (χ4v) is 2.58. The van der Waals surface area contributed by atoms with E-state index in [4.69, 9.17) is 23.7 Å². The van der Waals surface area contributed by atoms with Gasteiger partial charge in [0.05, 0.1) is 39.6 Å². The summed E-state index contributed by atoms with van der Waals surface area (Å²) in [5, 5.41) is 0. The van der Waals surface area contributed by atoms with Crippen LogP contribution in [0.25, 0.3) is 12.2 Å². The van der Waals surface area contributed by atoms with Gasteiger partial charge in [0.2, 0.25) is 0 Å². The van der Waals surface area contributed by atoms with Crippen LogP contribution in [0, 0.1) is 0 Å².